The number of aromatic nitrogens is 2. The van der Waals surface area contributed by atoms with Crippen molar-refractivity contribution in [2.75, 3.05) is 0 Å². The van der Waals surface area contributed by atoms with Crippen LogP contribution < -0.4 is 0 Å². The van der Waals surface area contributed by atoms with Crippen LogP contribution in [0.15, 0.2) is 102 Å². The summed E-state index contributed by atoms with van der Waals surface area (Å²) in [7, 11) is 0. The first kappa shape index (κ1) is 26.0. The van der Waals surface area contributed by atoms with Gasteiger partial charge in [-0.05, 0) is 54.8 Å². The molecule has 7 rings (SSSR count). The van der Waals surface area contributed by atoms with Gasteiger partial charge in [0.1, 0.15) is 5.58 Å². The van der Waals surface area contributed by atoms with Crippen LogP contribution in [0.1, 0.15) is 36.8 Å². The Morgan fingerprint density at radius 3 is 2.32 bits per heavy atom. The van der Waals surface area contributed by atoms with Crippen molar-refractivity contribution < 1.29 is 24.5 Å². The Hall–Kier alpha value is -3.59. The number of fused-ring (bicyclic) bond motifs is 4. The van der Waals surface area contributed by atoms with Crippen molar-refractivity contribution in [3.63, 3.8) is 0 Å². The van der Waals surface area contributed by atoms with Gasteiger partial charge in [0, 0.05) is 37.9 Å². The van der Waals surface area contributed by atoms with Crippen LogP contribution in [0.25, 0.3) is 44.5 Å². The Balaban J connectivity index is 0.000000191. The van der Waals surface area contributed by atoms with E-state index in [1.54, 1.807) is 6.20 Å². The predicted octanol–water partition coefficient (Wildman–Crippen LogP) is 8.65. The molecule has 4 heteroatoms. The topological polar surface area (TPSA) is 38.9 Å². The summed E-state index contributed by atoms with van der Waals surface area (Å²) in [4.78, 5) is 8.82. The van der Waals surface area contributed by atoms with E-state index in [1.165, 1.54) is 42.2 Å². The van der Waals surface area contributed by atoms with Crippen molar-refractivity contribution >= 4 is 21.9 Å². The summed E-state index contributed by atoms with van der Waals surface area (Å²) in [5, 5.41) is 2.36. The molecular formula is C34H28IrN2O-2. The summed E-state index contributed by atoms with van der Waals surface area (Å²) in [6.07, 6.45) is 10.9. The van der Waals surface area contributed by atoms with Crippen LogP contribution in [-0.4, -0.2) is 9.97 Å². The number of hydrogen-bond donors (Lipinski definition) is 0. The molecule has 0 atom stereocenters. The second kappa shape index (κ2) is 12.3. The second-order valence-electron chi connectivity index (χ2n) is 9.45. The average molecular weight is 673 g/mol. The van der Waals surface area contributed by atoms with Gasteiger partial charge in [-0.2, -0.15) is 0 Å². The first-order chi connectivity index (χ1) is 18.4. The quantitative estimate of drug-likeness (QED) is 0.164. The third-order valence-corrected chi connectivity index (χ3v) is 6.93. The maximum Gasteiger partial charge on any atom is 0.124 e. The van der Waals surface area contributed by atoms with Crippen LogP contribution in [0.5, 0.6) is 0 Å². The van der Waals surface area contributed by atoms with E-state index in [9.17, 15) is 0 Å². The normalized spacial score (nSPS) is 12.9. The Morgan fingerprint density at radius 2 is 1.47 bits per heavy atom. The summed E-state index contributed by atoms with van der Waals surface area (Å²) in [5.74, 6) is 0. The van der Waals surface area contributed by atoms with Crippen molar-refractivity contribution in [3.05, 3.63) is 121 Å². The molecule has 0 saturated carbocycles. The number of aryl methyl sites for hydroxylation is 2. The maximum absolute atomic E-state index is 6.39. The molecule has 38 heavy (non-hydrogen) atoms. The molecule has 1 aliphatic rings. The molecule has 0 aliphatic carbocycles. The fraction of sp³-hybridized carbons (Fsp3) is 0.176. The average Bonchev–Trinajstić information content (AvgIpc) is 3.36. The molecule has 1 radical (unpaired) electrons. The molecule has 0 amide bonds. The molecule has 3 nitrogen and oxygen atoms in total. The van der Waals surface area contributed by atoms with E-state index in [2.05, 4.69) is 58.5 Å². The van der Waals surface area contributed by atoms with E-state index >= 15 is 0 Å². The van der Waals surface area contributed by atoms with E-state index in [0.29, 0.717) is 0 Å². The summed E-state index contributed by atoms with van der Waals surface area (Å²) in [6.45, 7) is 0. The third-order valence-electron chi connectivity index (χ3n) is 6.93. The molecule has 3 aromatic heterocycles. The van der Waals surface area contributed by atoms with Crippen molar-refractivity contribution in [1.29, 1.82) is 0 Å². The smallest absolute Gasteiger partial charge is 0.124 e. The number of pyridine rings is 2. The van der Waals surface area contributed by atoms with Crippen LogP contribution in [0.3, 0.4) is 0 Å². The number of nitrogens with zero attached hydrogens (tertiary/aromatic N) is 2. The van der Waals surface area contributed by atoms with Crippen molar-refractivity contribution in [1.82, 2.24) is 9.97 Å². The zero-order chi connectivity index (χ0) is 24.9. The molecule has 3 aromatic carbocycles. The molecule has 191 valence electrons. The van der Waals surface area contributed by atoms with Crippen LogP contribution in [-0.2, 0) is 32.9 Å². The first-order valence-corrected chi connectivity index (χ1v) is 13.0. The van der Waals surface area contributed by atoms with Gasteiger partial charge >= 0.3 is 0 Å². The Labute approximate surface area is 237 Å². The van der Waals surface area contributed by atoms with Gasteiger partial charge in [0.2, 0.25) is 0 Å². The van der Waals surface area contributed by atoms with Crippen molar-refractivity contribution in [2.45, 2.75) is 38.5 Å². The SMILES string of the molecule is [Ir].[c-]1ccc2c3oc4c(cccc42)CCCCCCc2ccnc(c2)-c13.[c-]1ccccc1-c1ccccn1. The molecule has 0 unspecified atom stereocenters. The zero-order valence-corrected chi connectivity index (χ0v) is 23.5. The Kier molecular flexibility index (Phi) is 8.43. The fourth-order valence-electron chi connectivity index (χ4n) is 5.05. The molecule has 0 saturated heterocycles. The molecule has 4 heterocycles. The third kappa shape index (κ3) is 5.62. The molecule has 1 aliphatic heterocycles. The standard InChI is InChI=1S/C23H20NO.C11H8N.Ir/c1-2-4-8-17-9-5-10-18-19-11-6-12-20(23(19)25-22(17)18)21-15-16(7-3-1)13-14-24-21;1-2-6-10(7-3-1)11-8-4-5-9-12-11;/h5-6,9-11,13-15H,1-4,7-8H2;1-6,8-9H;/q2*-1;. The number of benzene rings is 3. The van der Waals surface area contributed by atoms with E-state index in [4.69, 9.17) is 4.42 Å². The van der Waals surface area contributed by atoms with Crippen molar-refractivity contribution in [2.24, 2.45) is 0 Å². The van der Waals surface area contributed by atoms with Crippen LogP contribution in [0, 0.1) is 12.1 Å². The van der Waals surface area contributed by atoms with Gasteiger partial charge < -0.3 is 14.4 Å². The van der Waals surface area contributed by atoms with Gasteiger partial charge in [-0.1, -0.05) is 65.8 Å². The Bertz CT molecular complexity index is 1590. The summed E-state index contributed by atoms with van der Waals surface area (Å²) < 4.78 is 6.39. The van der Waals surface area contributed by atoms with Gasteiger partial charge in [-0.15, -0.1) is 54.1 Å². The number of hydrogen-bond acceptors (Lipinski definition) is 3. The molecular weight excluding hydrogens is 645 g/mol. The molecule has 6 aromatic rings. The molecule has 4 bridgehead atoms. The second-order valence-corrected chi connectivity index (χ2v) is 9.45. The van der Waals surface area contributed by atoms with Crippen molar-refractivity contribution in [3.8, 4) is 22.5 Å². The summed E-state index contributed by atoms with van der Waals surface area (Å²) >= 11 is 0. The number of para-hydroxylation sites is 1. The predicted molar refractivity (Wildman–Crippen MR) is 150 cm³/mol. The Morgan fingerprint density at radius 1 is 0.632 bits per heavy atom. The van der Waals surface area contributed by atoms with E-state index in [-0.39, 0.29) is 20.1 Å². The minimum absolute atomic E-state index is 0. The summed E-state index contributed by atoms with van der Waals surface area (Å²) in [5.41, 5.74) is 8.55. The largest absolute Gasteiger partial charge is 0.500 e. The maximum atomic E-state index is 6.39. The molecule has 0 fully saturated rings. The molecule has 0 N–H and O–H groups in total. The van der Waals surface area contributed by atoms with Crippen LogP contribution in [0.4, 0.5) is 0 Å². The minimum atomic E-state index is 0. The van der Waals surface area contributed by atoms with Crippen LogP contribution >= 0.6 is 0 Å². The minimum Gasteiger partial charge on any atom is -0.500 e. The fourth-order valence-corrected chi connectivity index (χ4v) is 5.05. The van der Waals surface area contributed by atoms with Gasteiger partial charge in [0.05, 0.1) is 5.58 Å². The summed E-state index contributed by atoms with van der Waals surface area (Å²) in [6, 6.07) is 35.1. The first-order valence-electron chi connectivity index (χ1n) is 13.0. The van der Waals surface area contributed by atoms with E-state index in [1.807, 2.05) is 54.7 Å². The monoisotopic (exact) mass is 673 g/mol. The molecule has 0 spiro atoms. The number of rotatable bonds is 1. The van der Waals surface area contributed by atoms with Gasteiger partial charge in [-0.25, -0.2) is 0 Å². The van der Waals surface area contributed by atoms with E-state index in [0.717, 1.165) is 51.9 Å². The van der Waals surface area contributed by atoms with Gasteiger partial charge in [0.25, 0.3) is 0 Å². The van der Waals surface area contributed by atoms with Gasteiger partial charge in [0.15, 0.2) is 0 Å². The van der Waals surface area contributed by atoms with Crippen LogP contribution in [0.2, 0.25) is 0 Å². The van der Waals surface area contributed by atoms with E-state index < -0.39 is 0 Å². The number of furan rings is 1. The zero-order valence-electron chi connectivity index (χ0n) is 21.1. The van der Waals surface area contributed by atoms with Gasteiger partial charge in [-0.3, -0.25) is 0 Å².